The van der Waals surface area contributed by atoms with Crippen molar-refractivity contribution in [3.63, 3.8) is 0 Å². The van der Waals surface area contributed by atoms with Crippen LogP contribution >= 0.6 is 22.9 Å². The van der Waals surface area contributed by atoms with Crippen LogP contribution in [0.2, 0.25) is 5.02 Å². The first-order valence-electron chi connectivity index (χ1n) is 9.33. The predicted molar refractivity (Wildman–Crippen MR) is 116 cm³/mol. The number of halogens is 1. The van der Waals surface area contributed by atoms with E-state index in [0.29, 0.717) is 28.5 Å². The molecule has 6 nitrogen and oxygen atoms in total. The predicted octanol–water partition coefficient (Wildman–Crippen LogP) is 5.30. The average molecular weight is 438 g/mol. The lowest BCUT2D eigenvalue weighted by Crippen LogP contribution is -2.31. The molecule has 0 unspecified atom stereocenters. The molecule has 30 heavy (non-hydrogen) atoms. The number of nitrogens with zero attached hydrogens (tertiary/aromatic N) is 3. The number of aromatic nitrogens is 1. The molecule has 1 amide bonds. The van der Waals surface area contributed by atoms with Gasteiger partial charge in [0.2, 0.25) is 0 Å². The van der Waals surface area contributed by atoms with Crippen molar-refractivity contribution in [1.82, 2.24) is 9.99 Å². The molecule has 150 valence electrons. The van der Waals surface area contributed by atoms with Crippen molar-refractivity contribution in [3.05, 3.63) is 82.0 Å². The van der Waals surface area contributed by atoms with E-state index in [1.807, 2.05) is 41.8 Å². The zero-order valence-electron chi connectivity index (χ0n) is 15.7. The van der Waals surface area contributed by atoms with Gasteiger partial charge in [-0.15, -0.1) is 11.3 Å². The molecule has 1 aromatic carbocycles. The van der Waals surface area contributed by atoms with Gasteiger partial charge in [-0.3, -0.25) is 9.78 Å². The van der Waals surface area contributed by atoms with E-state index in [1.54, 1.807) is 35.9 Å². The van der Waals surface area contributed by atoms with Crippen LogP contribution in [0.15, 0.2) is 75.9 Å². The SMILES string of the molecule is O=C(COc1ccc(Cl)c2cccnc12)N1N=C(c2ccco2)C[C@H]1c1cccs1. The average Bonchev–Trinajstić information content (AvgIpc) is 3.54. The maximum atomic E-state index is 13.1. The van der Waals surface area contributed by atoms with Crippen LogP contribution in [0.5, 0.6) is 5.75 Å². The number of hydrogen-bond acceptors (Lipinski definition) is 6. The molecule has 0 aliphatic carbocycles. The van der Waals surface area contributed by atoms with Gasteiger partial charge in [-0.25, -0.2) is 5.01 Å². The molecular formula is C22H16ClN3O3S. The quantitative estimate of drug-likeness (QED) is 0.425. The van der Waals surface area contributed by atoms with Crippen LogP contribution in [-0.4, -0.2) is 28.2 Å². The molecule has 0 saturated carbocycles. The number of carbonyl (C=O) groups excluding carboxylic acids is 1. The molecule has 0 fully saturated rings. The number of carbonyl (C=O) groups is 1. The van der Waals surface area contributed by atoms with Crippen LogP contribution < -0.4 is 4.74 Å². The lowest BCUT2D eigenvalue weighted by molar-refractivity contribution is -0.135. The smallest absolute Gasteiger partial charge is 0.281 e. The number of pyridine rings is 1. The largest absolute Gasteiger partial charge is 0.481 e. The number of amides is 1. The van der Waals surface area contributed by atoms with E-state index in [-0.39, 0.29) is 18.6 Å². The fourth-order valence-corrected chi connectivity index (χ4v) is 4.50. The van der Waals surface area contributed by atoms with E-state index >= 15 is 0 Å². The molecule has 0 spiro atoms. The summed E-state index contributed by atoms with van der Waals surface area (Å²) in [5, 5.41) is 9.40. The molecule has 4 heterocycles. The molecule has 8 heteroatoms. The first-order chi connectivity index (χ1) is 14.7. The van der Waals surface area contributed by atoms with Crippen molar-refractivity contribution in [2.45, 2.75) is 12.5 Å². The fourth-order valence-electron chi connectivity index (χ4n) is 3.47. The highest BCUT2D eigenvalue weighted by Gasteiger charge is 2.34. The number of hydrazone groups is 1. The molecule has 1 atom stereocenters. The van der Waals surface area contributed by atoms with Gasteiger partial charge in [0.05, 0.1) is 17.3 Å². The van der Waals surface area contributed by atoms with Crippen molar-refractivity contribution in [1.29, 1.82) is 0 Å². The minimum atomic E-state index is -0.242. The summed E-state index contributed by atoms with van der Waals surface area (Å²) >= 11 is 7.84. The Morgan fingerprint density at radius 1 is 1.23 bits per heavy atom. The van der Waals surface area contributed by atoms with E-state index in [9.17, 15) is 4.79 Å². The van der Waals surface area contributed by atoms with E-state index in [4.69, 9.17) is 20.8 Å². The fraction of sp³-hybridized carbons (Fsp3) is 0.136. The molecular weight excluding hydrogens is 422 g/mol. The van der Waals surface area contributed by atoms with Gasteiger partial charge in [-0.2, -0.15) is 5.10 Å². The zero-order chi connectivity index (χ0) is 20.5. The molecule has 1 aliphatic heterocycles. The van der Waals surface area contributed by atoms with Crippen molar-refractivity contribution in [3.8, 4) is 5.75 Å². The van der Waals surface area contributed by atoms with Crippen molar-refractivity contribution in [2.75, 3.05) is 6.61 Å². The summed E-state index contributed by atoms with van der Waals surface area (Å²) in [4.78, 5) is 18.5. The number of fused-ring (bicyclic) bond motifs is 1. The number of thiophene rings is 1. The normalized spacial score (nSPS) is 16.1. The molecule has 0 N–H and O–H groups in total. The third kappa shape index (κ3) is 3.46. The van der Waals surface area contributed by atoms with Crippen LogP contribution in [0, 0.1) is 0 Å². The summed E-state index contributed by atoms with van der Waals surface area (Å²) in [6.07, 6.45) is 3.86. The molecule has 0 saturated heterocycles. The minimum absolute atomic E-state index is 0.163. The van der Waals surface area contributed by atoms with Crippen LogP contribution in [0.3, 0.4) is 0 Å². The maximum absolute atomic E-state index is 13.1. The second-order valence-electron chi connectivity index (χ2n) is 6.73. The Kier molecular flexibility index (Phi) is 4.98. The van der Waals surface area contributed by atoms with E-state index in [1.165, 1.54) is 5.01 Å². The Hall–Kier alpha value is -3.16. The molecule has 1 aliphatic rings. The monoisotopic (exact) mass is 437 g/mol. The molecule has 0 bridgehead atoms. The Bertz CT molecular complexity index is 1220. The first-order valence-corrected chi connectivity index (χ1v) is 10.6. The van der Waals surface area contributed by atoms with Crippen LogP contribution in [0.4, 0.5) is 0 Å². The number of hydrogen-bond donors (Lipinski definition) is 0. The standard InChI is InChI=1S/C22H16ClN3O3S/c23-15-7-8-19(22-14(15)4-1-9-24-22)29-13-21(27)26-17(20-6-3-11-30-20)12-16(25-26)18-5-2-10-28-18/h1-11,17H,12-13H2/t17-/m0/s1. The first kappa shape index (κ1) is 18.8. The minimum Gasteiger partial charge on any atom is -0.481 e. The number of rotatable bonds is 5. The van der Waals surface area contributed by atoms with Crippen molar-refractivity contribution >= 4 is 45.5 Å². The Labute approximate surface area is 181 Å². The molecule has 5 rings (SSSR count). The number of furan rings is 1. The van der Waals surface area contributed by atoms with E-state index in [0.717, 1.165) is 16.0 Å². The van der Waals surface area contributed by atoms with Gasteiger partial charge in [0.1, 0.15) is 22.7 Å². The lowest BCUT2D eigenvalue weighted by Gasteiger charge is -2.21. The van der Waals surface area contributed by atoms with Crippen LogP contribution in [0.25, 0.3) is 10.9 Å². The topological polar surface area (TPSA) is 67.9 Å². The second kappa shape index (κ2) is 7.93. The molecule has 3 aromatic heterocycles. The number of ether oxygens (including phenoxy) is 1. The van der Waals surface area contributed by atoms with Gasteiger partial charge < -0.3 is 9.15 Å². The van der Waals surface area contributed by atoms with Gasteiger partial charge in [0, 0.05) is 22.9 Å². The summed E-state index contributed by atoms with van der Waals surface area (Å²) in [6, 6.07) is 14.6. The highest BCUT2D eigenvalue weighted by atomic mass is 35.5. The second-order valence-corrected chi connectivity index (χ2v) is 8.12. The van der Waals surface area contributed by atoms with E-state index in [2.05, 4.69) is 10.1 Å². The van der Waals surface area contributed by atoms with Gasteiger partial charge in [0.15, 0.2) is 6.61 Å². The van der Waals surface area contributed by atoms with Crippen LogP contribution in [-0.2, 0) is 4.79 Å². The van der Waals surface area contributed by atoms with Crippen LogP contribution in [0.1, 0.15) is 23.1 Å². The zero-order valence-corrected chi connectivity index (χ0v) is 17.3. The van der Waals surface area contributed by atoms with Gasteiger partial charge in [0.25, 0.3) is 5.91 Å². The Morgan fingerprint density at radius 3 is 2.97 bits per heavy atom. The Balaban J connectivity index is 1.39. The highest BCUT2D eigenvalue weighted by Crippen LogP contribution is 2.35. The summed E-state index contributed by atoms with van der Waals surface area (Å²) in [6.45, 7) is -0.163. The van der Waals surface area contributed by atoms with Gasteiger partial charge in [-0.05, 0) is 47.8 Å². The molecule has 4 aromatic rings. The summed E-state index contributed by atoms with van der Waals surface area (Å²) < 4.78 is 11.3. The summed E-state index contributed by atoms with van der Waals surface area (Å²) in [7, 11) is 0. The van der Waals surface area contributed by atoms with Gasteiger partial charge >= 0.3 is 0 Å². The maximum Gasteiger partial charge on any atom is 0.281 e. The summed E-state index contributed by atoms with van der Waals surface area (Å²) in [5.41, 5.74) is 1.36. The van der Waals surface area contributed by atoms with Crippen molar-refractivity contribution in [2.24, 2.45) is 5.10 Å². The Morgan fingerprint density at radius 2 is 2.17 bits per heavy atom. The lowest BCUT2D eigenvalue weighted by atomic mass is 10.1. The highest BCUT2D eigenvalue weighted by molar-refractivity contribution is 7.10. The molecule has 0 radical (unpaired) electrons. The third-order valence-corrected chi connectivity index (χ3v) is 6.18. The summed E-state index contributed by atoms with van der Waals surface area (Å²) in [5.74, 6) is 0.931. The van der Waals surface area contributed by atoms with Crippen molar-refractivity contribution < 1.29 is 13.9 Å². The van der Waals surface area contributed by atoms with E-state index < -0.39 is 0 Å². The van der Waals surface area contributed by atoms with Gasteiger partial charge in [-0.1, -0.05) is 17.7 Å². The third-order valence-electron chi connectivity index (χ3n) is 4.87. The number of benzene rings is 1.